The molecule has 0 spiro atoms. The van der Waals surface area contributed by atoms with Crippen LogP contribution in [-0.2, 0) is 6.54 Å². The van der Waals surface area contributed by atoms with E-state index in [-0.39, 0.29) is 5.91 Å². The van der Waals surface area contributed by atoms with Crippen LogP contribution >= 0.6 is 0 Å². The predicted molar refractivity (Wildman–Crippen MR) is 92.8 cm³/mol. The Morgan fingerprint density at radius 1 is 1.17 bits per heavy atom. The molecule has 2 aromatic heterocycles. The SMILES string of the molecule is CCn1ncc(C)c1NC(=O)c1cnc(C)nc1-c1ccccc1. The molecule has 0 aliphatic rings. The van der Waals surface area contributed by atoms with Crippen molar-refractivity contribution in [2.75, 3.05) is 5.32 Å². The van der Waals surface area contributed by atoms with Gasteiger partial charge in [0.1, 0.15) is 11.6 Å². The molecule has 1 N–H and O–H groups in total. The maximum atomic E-state index is 12.8. The molecule has 0 atom stereocenters. The van der Waals surface area contributed by atoms with E-state index in [4.69, 9.17) is 0 Å². The molecule has 1 aromatic carbocycles. The fourth-order valence-corrected chi connectivity index (χ4v) is 2.51. The summed E-state index contributed by atoms with van der Waals surface area (Å²) in [5, 5.41) is 7.18. The Hall–Kier alpha value is -3.02. The van der Waals surface area contributed by atoms with Crippen LogP contribution in [0, 0.1) is 13.8 Å². The highest BCUT2D eigenvalue weighted by molar-refractivity contribution is 6.07. The third kappa shape index (κ3) is 3.03. The number of carbonyl (C=O) groups excluding carboxylic acids is 1. The van der Waals surface area contributed by atoms with Crippen LogP contribution in [0.25, 0.3) is 11.3 Å². The second-order valence-electron chi connectivity index (χ2n) is 5.49. The number of aryl methyl sites for hydroxylation is 3. The van der Waals surface area contributed by atoms with Crippen LogP contribution in [0.15, 0.2) is 42.7 Å². The summed E-state index contributed by atoms with van der Waals surface area (Å²) in [5.74, 6) is 1.08. The van der Waals surface area contributed by atoms with Crippen molar-refractivity contribution < 1.29 is 4.79 Å². The van der Waals surface area contributed by atoms with Crippen molar-refractivity contribution in [3.63, 3.8) is 0 Å². The third-order valence-corrected chi connectivity index (χ3v) is 3.75. The van der Waals surface area contributed by atoms with Crippen LogP contribution in [0.4, 0.5) is 5.82 Å². The molecule has 1 amide bonds. The quantitative estimate of drug-likeness (QED) is 0.800. The number of carbonyl (C=O) groups is 1. The standard InChI is InChI=1S/C18H19N5O/c1-4-23-17(12(2)10-20-23)22-18(24)15-11-19-13(3)21-16(15)14-8-6-5-7-9-14/h5-11H,4H2,1-3H3,(H,22,24). The molecule has 0 bridgehead atoms. The Morgan fingerprint density at radius 2 is 1.92 bits per heavy atom. The molecule has 0 aliphatic carbocycles. The van der Waals surface area contributed by atoms with E-state index >= 15 is 0 Å². The van der Waals surface area contributed by atoms with E-state index in [1.54, 1.807) is 17.1 Å². The van der Waals surface area contributed by atoms with Crippen molar-refractivity contribution in [3.8, 4) is 11.3 Å². The first-order valence-electron chi connectivity index (χ1n) is 7.83. The molecule has 0 unspecified atom stereocenters. The lowest BCUT2D eigenvalue weighted by Gasteiger charge is -2.11. The Kier molecular flexibility index (Phi) is 4.37. The maximum Gasteiger partial charge on any atom is 0.260 e. The van der Waals surface area contributed by atoms with Crippen LogP contribution in [0.1, 0.15) is 28.7 Å². The summed E-state index contributed by atoms with van der Waals surface area (Å²) >= 11 is 0. The van der Waals surface area contributed by atoms with Crippen molar-refractivity contribution in [3.05, 3.63) is 59.7 Å². The van der Waals surface area contributed by atoms with Gasteiger partial charge in [-0.2, -0.15) is 5.10 Å². The van der Waals surface area contributed by atoms with Gasteiger partial charge in [0.15, 0.2) is 0 Å². The minimum absolute atomic E-state index is 0.243. The first-order valence-corrected chi connectivity index (χ1v) is 7.83. The zero-order valence-electron chi connectivity index (χ0n) is 13.9. The van der Waals surface area contributed by atoms with Gasteiger partial charge in [-0.15, -0.1) is 0 Å². The summed E-state index contributed by atoms with van der Waals surface area (Å²) in [6, 6.07) is 9.64. The molecule has 24 heavy (non-hydrogen) atoms. The van der Waals surface area contributed by atoms with E-state index in [1.165, 1.54) is 0 Å². The van der Waals surface area contributed by atoms with Crippen LogP contribution in [0.5, 0.6) is 0 Å². The molecule has 3 aromatic rings. The molecule has 6 nitrogen and oxygen atoms in total. The second-order valence-corrected chi connectivity index (χ2v) is 5.49. The number of nitrogens with one attached hydrogen (secondary N) is 1. The van der Waals surface area contributed by atoms with Crippen molar-refractivity contribution in [1.29, 1.82) is 0 Å². The van der Waals surface area contributed by atoms with E-state index < -0.39 is 0 Å². The Balaban J connectivity index is 2.00. The zero-order valence-corrected chi connectivity index (χ0v) is 13.9. The van der Waals surface area contributed by atoms with Gasteiger partial charge >= 0.3 is 0 Å². The third-order valence-electron chi connectivity index (χ3n) is 3.75. The molecule has 6 heteroatoms. The number of amides is 1. The van der Waals surface area contributed by atoms with Crippen molar-refractivity contribution in [2.24, 2.45) is 0 Å². The van der Waals surface area contributed by atoms with Gasteiger partial charge in [0.05, 0.1) is 17.5 Å². The fraction of sp³-hybridized carbons (Fsp3) is 0.222. The van der Waals surface area contributed by atoms with Crippen LogP contribution in [0.3, 0.4) is 0 Å². The monoisotopic (exact) mass is 321 g/mol. The van der Waals surface area contributed by atoms with Crippen LogP contribution in [-0.4, -0.2) is 25.7 Å². The number of anilines is 1. The van der Waals surface area contributed by atoms with E-state index in [2.05, 4.69) is 20.4 Å². The summed E-state index contributed by atoms with van der Waals surface area (Å²) < 4.78 is 1.75. The maximum absolute atomic E-state index is 12.8. The smallest absolute Gasteiger partial charge is 0.260 e. The molecule has 0 saturated heterocycles. The second kappa shape index (κ2) is 6.62. The lowest BCUT2D eigenvalue weighted by Crippen LogP contribution is -2.18. The summed E-state index contributed by atoms with van der Waals surface area (Å²) in [4.78, 5) is 21.5. The van der Waals surface area contributed by atoms with Crippen LogP contribution in [0.2, 0.25) is 0 Å². The van der Waals surface area contributed by atoms with Crippen molar-refractivity contribution in [2.45, 2.75) is 27.3 Å². The first-order chi connectivity index (χ1) is 11.6. The summed E-state index contributed by atoms with van der Waals surface area (Å²) in [7, 11) is 0. The Bertz CT molecular complexity index is 870. The van der Waals surface area contributed by atoms with Gasteiger partial charge in [-0.25, -0.2) is 14.6 Å². The lowest BCUT2D eigenvalue weighted by molar-refractivity contribution is 0.102. The molecule has 0 fully saturated rings. The molecule has 0 saturated carbocycles. The number of hydrogen-bond donors (Lipinski definition) is 1. The Labute approximate surface area is 140 Å². The van der Waals surface area contributed by atoms with Crippen molar-refractivity contribution >= 4 is 11.7 Å². The lowest BCUT2D eigenvalue weighted by atomic mass is 10.1. The highest BCUT2D eigenvalue weighted by Crippen LogP contribution is 2.23. The first kappa shape index (κ1) is 15.9. The summed E-state index contributed by atoms with van der Waals surface area (Å²) in [5.41, 5.74) is 2.87. The topological polar surface area (TPSA) is 72.7 Å². The largest absolute Gasteiger partial charge is 0.306 e. The minimum atomic E-state index is -0.243. The number of benzene rings is 1. The van der Waals surface area contributed by atoms with Gasteiger partial charge in [0, 0.05) is 23.9 Å². The van der Waals surface area contributed by atoms with E-state index in [0.717, 1.165) is 11.1 Å². The highest BCUT2D eigenvalue weighted by atomic mass is 16.1. The molecule has 3 rings (SSSR count). The van der Waals surface area contributed by atoms with Gasteiger partial charge in [-0.1, -0.05) is 30.3 Å². The summed E-state index contributed by atoms with van der Waals surface area (Å²) in [6.07, 6.45) is 3.31. The summed E-state index contributed by atoms with van der Waals surface area (Å²) in [6.45, 7) is 6.38. The molecular weight excluding hydrogens is 302 g/mol. The Morgan fingerprint density at radius 3 is 2.62 bits per heavy atom. The average molecular weight is 321 g/mol. The number of aromatic nitrogens is 4. The van der Waals surface area contributed by atoms with E-state index in [9.17, 15) is 4.79 Å². The molecule has 0 radical (unpaired) electrons. The van der Waals surface area contributed by atoms with Gasteiger partial charge < -0.3 is 5.32 Å². The molecule has 0 aliphatic heterocycles. The normalized spacial score (nSPS) is 10.6. The number of nitrogens with zero attached hydrogens (tertiary/aromatic N) is 4. The van der Waals surface area contributed by atoms with Gasteiger partial charge in [0.25, 0.3) is 5.91 Å². The minimum Gasteiger partial charge on any atom is -0.306 e. The van der Waals surface area contributed by atoms with Gasteiger partial charge in [0.2, 0.25) is 0 Å². The van der Waals surface area contributed by atoms with Gasteiger partial charge in [-0.05, 0) is 20.8 Å². The molecule has 2 heterocycles. The highest BCUT2D eigenvalue weighted by Gasteiger charge is 2.18. The van der Waals surface area contributed by atoms with Crippen molar-refractivity contribution in [1.82, 2.24) is 19.7 Å². The van der Waals surface area contributed by atoms with Crippen LogP contribution < -0.4 is 5.32 Å². The zero-order chi connectivity index (χ0) is 17.1. The number of rotatable bonds is 4. The van der Waals surface area contributed by atoms with E-state index in [0.29, 0.717) is 29.4 Å². The van der Waals surface area contributed by atoms with Gasteiger partial charge in [-0.3, -0.25) is 4.79 Å². The van der Waals surface area contributed by atoms with E-state index in [1.807, 2.05) is 51.1 Å². The fourth-order valence-electron chi connectivity index (χ4n) is 2.51. The molecular formula is C18H19N5O. The molecule has 122 valence electrons. The number of hydrogen-bond acceptors (Lipinski definition) is 4. The average Bonchev–Trinajstić information content (AvgIpc) is 2.95. The predicted octanol–water partition coefficient (Wildman–Crippen LogP) is 3.23.